The number of nitrogens with zero attached hydrogens (tertiary/aromatic N) is 3. The Balaban J connectivity index is 1.65. The van der Waals surface area contributed by atoms with Gasteiger partial charge in [-0.05, 0) is 54.2 Å². The number of nitriles is 1. The molecule has 0 amide bonds. The van der Waals surface area contributed by atoms with Crippen molar-refractivity contribution in [3.05, 3.63) is 52.3 Å². The van der Waals surface area contributed by atoms with Gasteiger partial charge in [0, 0.05) is 11.6 Å². The van der Waals surface area contributed by atoms with Crippen molar-refractivity contribution in [1.29, 1.82) is 5.26 Å². The summed E-state index contributed by atoms with van der Waals surface area (Å²) in [6.45, 7) is 7.63. The van der Waals surface area contributed by atoms with E-state index in [9.17, 15) is 5.26 Å². The van der Waals surface area contributed by atoms with Gasteiger partial charge in [0.2, 0.25) is 5.95 Å². The summed E-state index contributed by atoms with van der Waals surface area (Å²) in [5.74, 6) is 1.88. The van der Waals surface area contributed by atoms with Crippen LogP contribution in [-0.2, 0) is 12.8 Å². The van der Waals surface area contributed by atoms with Crippen LogP contribution in [0.2, 0.25) is 5.02 Å². The molecule has 2 aromatic rings. The first-order chi connectivity index (χ1) is 12.4. The lowest BCUT2D eigenvalue weighted by Crippen LogP contribution is -2.44. The zero-order valence-electron chi connectivity index (χ0n) is 15.6. The average Bonchev–Trinajstić information content (AvgIpc) is 2.62. The molecule has 0 saturated heterocycles. The fraction of sp³-hybridized carbons (Fsp3) is 0.476. The zero-order valence-corrected chi connectivity index (χ0v) is 16.3. The van der Waals surface area contributed by atoms with Crippen LogP contribution in [0.4, 0.5) is 5.95 Å². The van der Waals surface area contributed by atoms with Gasteiger partial charge in [-0.3, -0.25) is 0 Å². The minimum absolute atomic E-state index is 0.303. The van der Waals surface area contributed by atoms with Crippen LogP contribution >= 0.6 is 11.6 Å². The van der Waals surface area contributed by atoms with Crippen LogP contribution in [0.15, 0.2) is 30.5 Å². The number of halogens is 1. The fourth-order valence-corrected chi connectivity index (χ4v) is 3.83. The molecule has 0 radical (unpaired) electrons. The summed E-state index contributed by atoms with van der Waals surface area (Å²) in [6, 6.07) is 10.1. The third-order valence-corrected chi connectivity index (χ3v) is 6.21. The van der Waals surface area contributed by atoms with E-state index in [2.05, 4.69) is 48.2 Å². The third-order valence-electron chi connectivity index (χ3n) is 5.97. The van der Waals surface area contributed by atoms with E-state index in [0.717, 1.165) is 36.0 Å². The molecule has 3 rings (SSSR count). The number of aromatic nitrogens is 2. The van der Waals surface area contributed by atoms with E-state index in [1.165, 1.54) is 12.0 Å². The van der Waals surface area contributed by atoms with Crippen LogP contribution in [0, 0.1) is 28.6 Å². The van der Waals surface area contributed by atoms with Crippen LogP contribution in [0.1, 0.15) is 44.0 Å². The standard InChI is InChI=1S/C21H25ClN4/c1-14-9-17(21(14,2)3)11-19-16(12-23)13-25-20(26-19)24-8-7-15-5-4-6-18(22)10-15/h4-6,10,13-14,17H,7-9,11H2,1-3H3,(H,24,25,26)/t14-,17+/m0/s1. The van der Waals surface area contributed by atoms with Gasteiger partial charge in [-0.2, -0.15) is 5.26 Å². The monoisotopic (exact) mass is 368 g/mol. The second kappa shape index (κ2) is 7.63. The zero-order chi connectivity index (χ0) is 18.7. The van der Waals surface area contributed by atoms with Gasteiger partial charge in [-0.1, -0.05) is 44.5 Å². The molecule has 0 aliphatic heterocycles. The molecule has 1 saturated carbocycles. The summed E-state index contributed by atoms with van der Waals surface area (Å²) in [6.07, 6.45) is 4.51. The van der Waals surface area contributed by atoms with Crippen LogP contribution in [-0.4, -0.2) is 16.5 Å². The van der Waals surface area contributed by atoms with Gasteiger partial charge < -0.3 is 5.32 Å². The van der Waals surface area contributed by atoms with Crippen molar-refractivity contribution in [3.8, 4) is 6.07 Å². The highest BCUT2D eigenvalue weighted by Gasteiger charge is 2.45. The van der Waals surface area contributed by atoms with Crippen LogP contribution in [0.25, 0.3) is 0 Å². The second-order valence-electron chi connectivity index (χ2n) is 7.83. The molecule has 1 aliphatic rings. The molecule has 136 valence electrons. The van der Waals surface area contributed by atoms with Crippen LogP contribution in [0.5, 0.6) is 0 Å². The largest absolute Gasteiger partial charge is 0.354 e. The Labute approximate surface area is 160 Å². The van der Waals surface area contributed by atoms with Gasteiger partial charge in [-0.25, -0.2) is 9.97 Å². The molecule has 0 unspecified atom stereocenters. The lowest BCUT2D eigenvalue weighted by Gasteiger charge is -2.51. The van der Waals surface area contributed by atoms with E-state index in [1.54, 1.807) is 6.20 Å². The number of hydrogen-bond acceptors (Lipinski definition) is 4. The Kier molecular flexibility index (Phi) is 5.48. The second-order valence-corrected chi connectivity index (χ2v) is 8.27. The van der Waals surface area contributed by atoms with E-state index >= 15 is 0 Å². The molecule has 1 fully saturated rings. The van der Waals surface area contributed by atoms with E-state index < -0.39 is 0 Å². The van der Waals surface area contributed by atoms with E-state index in [1.807, 2.05) is 18.2 Å². The molecule has 1 N–H and O–H groups in total. The highest BCUT2D eigenvalue weighted by atomic mass is 35.5. The molecule has 1 aromatic heterocycles. The van der Waals surface area contributed by atoms with Gasteiger partial charge >= 0.3 is 0 Å². The predicted octanol–water partition coefficient (Wildman–Crippen LogP) is 4.88. The topological polar surface area (TPSA) is 61.6 Å². The predicted molar refractivity (Wildman–Crippen MR) is 105 cm³/mol. The number of rotatable bonds is 6. The highest BCUT2D eigenvalue weighted by Crippen LogP contribution is 2.52. The summed E-state index contributed by atoms with van der Waals surface area (Å²) in [5.41, 5.74) is 2.92. The Morgan fingerprint density at radius 2 is 2.19 bits per heavy atom. The van der Waals surface area contributed by atoms with Crippen molar-refractivity contribution in [2.45, 2.75) is 40.0 Å². The number of hydrogen-bond donors (Lipinski definition) is 1. The van der Waals surface area contributed by atoms with Crippen molar-refractivity contribution < 1.29 is 0 Å². The molecular weight excluding hydrogens is 344 g/mol. The molecule has 0 spiro atoms. The van der Waals surface area contributed by atoms with E-state index in [4.69, 9.17) is 11.6 Å². The number of benzene rings is 1. The van der Waals surface area contributed by atoms with Crippen molar-refractivity contribution in [2.24, 2.45) is 17.3 Å². The first-order valence-corrected chi connectivity index (χ1v) is 9.52. The van der Waals surface area contributed by atoms with Gasteiger partial charge in [0.1, 0.15) is 6.07 Å². The molecule has 2 atom stereocenters. The molecule has 0 bridgehead atoms. The summed E-state index contributed by atoms with van der Waals surface area (Å²) >= 11 is 6.02. The minimum atomic E-state index is 0.303. The lowest BCUT2D eigenvalue weighted by atomic mass is 9.54. The highest BCUT2D eigenvalue weighted by molar-refractivity contribution is 6.30. The quantitative estimate of drug-likeness (QED) is 0.789. The maximum absolute atomic E-state index is 9.38. The van der Waals surface area contributed by atoms with Crippen molar-refractivity contribution in [2.75, 3.05) is 11.9 Å². The Morgan fingerprint density at radius 1 is 1.38 bits per heavy atom. The van der Waals surface area contributed by atoms with Gasteiger partial charge in [0.05, 0.1) is 17.5 Å². The molecule has 1 heterocycles. The fourth-order valence-electron chi connectivity index (χ4n) is 3.62. The average molecular weight is 369 g/mol. The first kappa shape index (κ1) is 18.7. The van der Waals surface area contributed by atoms with Crippen molar-refractivity contribution >= 4 is 17.5 Å². The van der Waals surface area contributed by atoms with Gasteiger partial charge in [-0.15, -0.1) is 0 Å². The summed E-state index contributed by atoms with van der Waals surface area (Å²) in [7, 11) is 0. The first-order valence-electron chi connectivity index (χ1n) is 9.14. The molecule has 1 aromatic carbocycles. The number of nitrogens with one attached hydrogen (secondary N) is 1. The third kappa shape index (κ3) is 3.99. The summed E-state index contributed by atoms with van der Waals surface area (Å²) in [4.78, 5) is 8.92. The molecule has 1 aliphatic carbocycles. The van der Waals surface area contributed by atoms with Crippen molar-refractivity contribution in [3.63, 3.8) is 0 Å². The van der Waals surface area contributed by atoms with Crippen LogP contribution < -0.4 is 5.32 Å². The molecule has 4 nitrogen and oxygen atoms in total. The molecule has 26 heavy (non-hydrogen) atoms. The van der Waals surface area contributed by atoms with Gasteiger partial charge in [0.25, 0.3) is 0 Å². The lowest BCUT2D eigenvalue weighted by molar-refractivity contribution is -0.00772. The molecule has 5 heteroatoms. The summed E-state index contributed by atoms with van der Waals surface area (Å²) in [5, 5.41) is 13.4. The minimum Gasteiger partial charge on any atom is -0.354 e. The normalized spacial score (nSPS) is 20.9. The Hall–Kier alpha value is -2.12. The van der Waals surface area contributed by atoms with E-state index in [0.29, 0.717) is 22.8 Å². The van der Waals surface area contributed by atoms with E-state index in [-0.39, 0.29) is 0 Å². The maximum atomic E-state index is 9.38. The summed E-state index contributed by atoms with van der Waals surface area (Å²) < 4.78 is 0. The molecular formula is C21H25ClN4. The maximum Gasteiger partial charge on any atom is 0.222 e. The Bertz CT molecular complexity index is 825. The number of anilines is 1. The Morgan fingerprint density at radius 3 is 2.85 bits per heavy atom. The van der Waals surface area contributed by atoms with Crippen LogP contribution in [0.3, 0.4) is 0 Å². The SMILES string of the molecule is C[C@H]1C[C@H](Cc2nc(NCCc3cccc(Cl)c3)ncc2C#N)C1(C)C. The van der Waals surface area contributed by atoms with Gasteiger partial charge in [0.15, 0.2) is 0 Å². The smallest absolute Gasteiger partial charge is 0.222 e. The van der Waals surface area contributed by atoms with Crippen molar-refractivity contribution in [1.82, 2.24) is 9.97 Å².